The fraction of sp³-hybridized carbons (Fsp3) is 0.923. The maximum absolute atomic E-state index is 2.39. The average Bonchev–Trinajstić information content (AvgIpc) is 2.04. The molecule has 0 aliphatic heterocycles. The molecule has 1 radical (unpaired) electrons. The van der Waals surface area contributed by atoms with Gasteiger partial charge in [0.25, 0.3) is 0 Å². The first kappa shape index (κ1) is 13.0. The van der Waals surface area contributed by atoms with Crippen molar-refractivity contribution in [3.05, 3.63) is 5.92 Å². The van der Waals surface area contributed by atoms with Crippen LogP contribution in [0.3, 0.4) is 0 Å². The van der Waals surface area contributed by atoms with Crippen molar-refractivity contribution in [2.24, 2.45) is 11.3 Å². The summed E-state index contributed by atoms with van der Waals surface area (Å²) >= 11 is 0. The van der Waals surface area contributed by atoms with Gasteiger partial charge in [0.2, 0.25) is 0 Å². The first-order valence-electron chi connectivity index (χ1n) is 5.73. The Bertz CT molecular complexity index is 122. The van der Waals surface area contributed by atoms with E-state index in [1.807, 2.05) is 0 Å². The topological polar surface area (TPSA) is 0 Å². The van der Waals surface area contributed by atoms with Crippen LogP contribution in [0, 0.1) is 17.3 Å². The third-order valence-electron chi connectivity index (χ3n) is 3.76. The minimum Gasteiger partial charge on any atom is -0.0654 e. The monoisotopic (exact) mass is 183 g/mol. The van der Waals surface area contributed by atoms with Gasteiger partial charge in [-0.05, 0) is 17.3 Å². The molecule has 1 unspecified atom stereocenters. The zero-order valence-corrected chi connectivity index (χ0v) is 10.4. The fourth-order valence-corrected chi connectivity index (χ4v) is 1.55. The van der Waals surface area contributed by atoms with E-state index in [0.717, 1.165) is 5.92 Å². The Hall–Kier alpha value is 0. The molecular formula is C13H27. The van der Waals surface area contributed by atoms with Gasteiger partial charge in [-0.2, -0.15) is 0 Å². The fourth-order valence-electron chi connectivity index (χ4n) is 1.55. The van der Waals surface area contributed by atoms with Crippen LogP contribution in [0.5, 0.6) is 0 Å². The van der Waals surface area contributed by atoms with Gasteiger partial charge in [0.15, 0.2) is 0 Å². The zero-order chi connectivity index (χ0) is 10.5. The molecule has 13 heavy (non-hydrogen) atoms. The van der Waals surface area contributed by atoms with Gasteiger partial charge < -0.3 is 0 Å². The van der Waals surface area contributed by atoms with E-state index in [-0.39, 0.29) is 0 Å². The Morgan fingerprint density at radius 1 is 1.15 bits per heavy atom. The Balaban J connectivity index is 3.87. The van der Waals surface area contributed by atoms with Gasteiger partial charge in [0.1, 0.15) is 0 Å². The highest BCUT2D eigenvalue weighted by molar-refractivity contribution is 4.97. The second-order valence-corrected chi connectivity index (χ2v) is 5.12. The summed E-state index contributed by atoms with van der Waals surface area (Å²) in [6.45, 7) is 13.9. The van der Waals surface area contributed by atoms with Gasteiger partial charge >= 0.3 is 0 Å². The van der Waals surface area contributed by atoms with E-state index in [2.05, 4.69) is 41.5 Å². The predicted molar refractivity (Wildman–Crippen MR) is 61.7 cm³/mol. The van der Waals surface area contributed by atoms with Crippen LogP contribution >= 0.6 is 0 Å². The Labute approximate surface area is 85.1 Å². The van der Waals surface area contributed by atoms with Crippen LogP contribution in [-0.4, -0.2) is 0 Å². The summed E-state index contributed by atoms with van der Waals surface area (Å²) < 4.78 is 0. The van der Waals surface area contributed by atoms with E-state index in [4.69, 9.17) is 0 Å². The second-order valence-electron chi connectivity index (χ2n) is 5.12. The van der Waals surface area contributed by atoms with Crippen molar-refractivity contribution >= 4 is 0 Å². The molecule has 0 aromatic heterocycles. The average molecular weight is 183 g/mol. The summed E-state index contributed by atoms with van der Waals surface area (Å²) in [4.78, 5) is 0. The lowest BCUT2D eigenvalue weighted by Crippen LogP contribution is -2.26. The first-order chi connectivity index (χ1) is 5.92. The number of unbranched alkanes of at least 4 members (excludes halogenated alkanes) is 2. The molecule has 0 N–H and O–H groups in total. The molecule has 0 aromatic carbocycles. The minimum atomic E-state index is 0.424. The maximum atomic E-state index is 2.39. The first-order valence-corrected chi connectivity index (χ1v) is 5.73. The quantitative estimate of drug-likeness (QED) is 0.517. The molecule has 0 saturated heterocycles. The summed E-state index contributed by atoms with van der Waals surface area (Å²) in [5.41, 5.74) is 0.424. The van der Waals surface area contributed by atoms with Crippen LogP contribution in [0.4, 0.5) is 0 Å². The third-order valence-corrected chi connectivity index (χ3v) is 3.76. The van der Waals surface area contributed by atoms with Crippen molar-refractivity contribution in [2.45, 2.75) is 67.2 Å². The molecule has 0 heterocycles. The van der Waals surface area contributed by atoms with E-state index < -0.39 is 0 Å². The van der Waals surface area contributed by atoms with Crippen LogP contribution in [0.2, 0.25) is 0 Å². The number of rotatable bonds is 6. The summed E-state index contributed by atoms with van der Waals surface area (Å²) in [7, 11) is 0. The molecular weight excluding hydrogens is 156 g/mol. The van der Waals surface area contributed by atoms with Gasteiger partial charge in [-0.15, -0.1) is 0 Å². The molecule has 0 saturated carbocycles. The smallest absolute Gasteiger partial charge is 0.0244 e. The van der Waals surface area contributed by atoms with E-state index in [1.54, 1.807) is 5.92 Å². The molecule has 0 aromatic rings. The summed E-state index contributed by atoms with van der Waals surface area (Å²) in [5, 5.41) is 0. The minimum absolute atomic E-state index is 0.424. The van der Waals surface area contributed by atoms with Crippen molar-refractivity contribution in [1.29, 1.82) is 0 Å². The van der Waals surface area contributed by atoms with E-state index in [1.165, 1.54) is 25.7 Å². The van der Waals surface area contributed by atoms with Gasteiger partial charge in [0.05, 0.1) is 0 Å². The molecule has 0 aliphatic carbocycles. The lowest BCUT2D eigenvalue weighted by atomic mass is 9.70. The second kappa shape index (κ2) is 5.67. The van der Waals surface area contributed by atoms with Gasteiger partial charge in [-0.3, -0.25) is 0 Å². The molecule has 0 spiro atoms. The van der Waals surface area contributed by atoms with Gasteiger partial charge in [-0.1, -0.05) is 67.2 Å². The van der Waals surface area contributed by atoms with Crippen LogP contribution in [-0.2, 0) is 0 Å². The molecule has 0 aliphatic rings. The number of hydrogen-bond acceptors (Lipinski definition) is 0. The van der Waals surface area contributed by atoms with Crippen molar-refractivity contribution < 1.29 is 0 Å². The van der Waals surface area contributed by atoms with Crippen molar-refractivity contribution in [3.63, 3.8) is 0 Å². The SMILES string of the molecule is CCCCCC(C)C(C)(C)[C](C)C. The molecule has 0 heteroatoms. The lowest BCUT2D eigenvalue weighted by molar-refractivity contribution is 0.231. The highest BCUT2D eigenvalue weighted by atomic mass is 14.3. The Kier molecular flexibility index (Phi) is 5.67. The Morgan fingerprint density at radius 3 is 2.08 bits per heavy atom. The van der Waals surface area contributed by atoms with Gasteiger partial charge in [0, 0.05) is 0 Å². The van der Waals surface area contributed by atoms with Crippen LogP contribution in [0.25, 0.3) is 0 Å². The third kappa shape index (κ3) is 4.15. The predicted octanol–water partition coefficient (Wildman–Crippen LogP) is 4.84. The molecule has 1 atom stereocenters. The normalized spacial score (nSPS) is 15.0. The van der Waals surface area contributed by atoms with Crippen molar-refractivity contribution in [1.82, 2.24) is 0 Å². The molecule has 0 bridgehead atoms. The molecule has 0 rings (SSSR count). The summed E-state index contributed by atoms with van der Waals surface area (Å²) in [6.07, 6.45) is 5.51. The maximum Gasteiger partial charge on any atom is -0.0244 e. The van der Waals surface area contributed by atoms with Gasteiger partial charge in [-0.25, -0.2) is 0 Å². The zero-order valence-electron chi connectivity index (χ0n) is 10.4. The lowest BCUT2D eigenvalue weighted by Gasteiger charge is -2.35. The van der Waals surface area contributed by atoms with Crippen molar-refractivity contribution in [2.75, 3.05) is 0 Å². The standard InChI is InChI=1S/C13H27/c1-7-8-9-10-12(4)13(5,6)11(2)3/h12H,7-10H2,1-6H3. The molecule has 0 nitrogen and oxygen atoms in total. The van der Waals surface area contributed by atoms with E-state index >= 15 is 0 Å². The molecule has 0 amide bonds. The van der Waals surface area contributed by atoms with Crippen LogP contribution in [0.1, 0.15) is 67.2 Å². The largest absolute Gasteiger partial charge is 0.0654 e. The van der Waals surface area contributed by atoms with Crippen LogP contribution < -0.4 is 0 Å². The van der Waals surface area contributed by atoms with Crippen molar-refractivity contribution in [3.8, 4) is 0 Å². The molecule has 79 valence electrons. The van der Waals surface area contributed by atoms with E-state index in [9.17, 15) is 0 Å². The highest BCUT2D eigenvalue weighted by Gasteiger charge is 2.28. The highest BCUT2D eigenvalue weighted by Crippen LogP contribution is 2.38. The number of hydrogen-bond donors (Lipinski definition) is 0. The summed E-state index contributed by atoms with van der Waals surface area (Å²) in [5.74, 6) is 2.39. The Morgan fingerprint density at radius 2 is 1.69 bits per heavy atom. The summed E-state index contributed by atoms with van der Waals surface area (Å²) in [6, 6.07) is 0. The van der Waals surface area contributed by atoms with E-state index in [0.29, 0.717) is 5.41 Å². The van der Waals surface area contributed by atoms with Crippen LogP contribution in [0.15, 0.2) is 0 Å². The molecule has 0 fully saturated rings.